The van der Waals surface area contributed by atoms with Crippen molar-refractivity contribution in [2.45, 2.75) is 26.2 Å². The number of anilines is 2. The van der Waals surface area contributed by atoms with Gasteiger partial charge in [0.15, 0.2) is 0 Å². The lowest BCUT2D eigenvalue weighted by molar-refractivity contribution is 0.590. The number of hydrogen-bond acceptors (Lipinski definition) is 2. The Morgan fingerprint density at radius 2 is 1.43 bits per heavy atom. The van der Waals surface area contributed by atoms with Crippen LogP contribution in [-0.4, -0.2) is 0 Å². The van der Waals surface area contributed by atoms with E-state index in [0.717, 1.165) is 0 Å². The number of halogens is 2. The lowest BCUT2D eigenvalue weighted by Gasteiger charge is -2.19. The van der Waals surface area contributed by atoms with Gasteiger partial charge in [0.05, 0.1) is 11.4 Å². The van der Waals surface area contributed by atoms with Crippen molar-refractivity contribution in [2.24, 2.45) is 0 Å². The van der Waals surface area contributed by atoms with E-state index in [1.54, 1.807) is 0 Å². The Labute approximate surface area is 97.9 Å². The Morgan fingerprint density at radius 3 is 1.79 bits per heavy atom. The average Bonchev–Trinajstić information content (AvgIpc) is 1.92. The van der Waals surface area contributed by atoms with Crippen molar-refractivity contribution in [3.8, 4) is 0 Å². The molecule has 4 N–H and O–H groups in total. The molecule has 0 radical (unpaired) electrons. The number of hydrogen-bond donors (Lipinski definition) is 2. The zero-order chi connectivity index (χ0) is 9.35. The van der Waals surface area contributed by atoms with Gasteiger partial charge in [0.25, 0.3) is 0 Å². The Morgan fingerprint density at radius 1 is 0.929 bits per heavy atom. The molecule has 0 amide bonds. The Kier molecular flexibility index (Phi) is 6.03. The van der Waals surface area contributed by atoms with Gasteiger partial charge in [-0.25, -0.2) is 0 Å². The van der Waals surface area contributed by atoms with Gasteiger partial charge in [0.2, 0.25) is 0 Å². The molecule has 2 nitrogen and oxygen atoms in total. The predicted molar refractivity (Wildman–Crippen MR) is 68.5 cm³/mol. The van der Waals surface area contributed by atoms with E-state index in [1.807, 2.05) is 18.2 Å². The summed E-state index contributed by atoms with van der Waals surface area (Å²) < 4.78 is 0. The summed E-state index contributed by atoms with van der Waals surface area (Å²) in [6.07, 6.45) is 0. The molecule has 0 fully saturated rings. The van der Waals surface area contributed by atoms with Gasteiger partial charge >= 0.3 is 0 Å². The monoisotopic (exact) mass is 236 g/mol. The molecular weight excluding hydrogens is 219 g/mol. The molecule has 0 atom stereocenters. The molecule has 0 saturated carbocycles. The summed E-state index contributed by atoms with van der Waals surface area (Å²) in [6.45, 7) is 6.45. The van der Waals surface area contributed by atoms with Crippen LogP contribution < -0.4 is 11.5 Å². The highest BCUT2D eigenvalue weighted by Gasteiger charge is 2.13. The summed E-state index contributed by atoms with van der Waals surface area (Å²) in [5.41, 5.74) is 14.0. The summed E-state index contributed by atoms with van der Waals surface area (Å²) in [4.78, 5) is 0. The first kappa shape index (κ1) is 15.9. The SMILES string of the molecule is CC(C)(C)c1ccc(N)c(N)c1.Cl.Cl. The maximum absolute atomic E-state index is 5.69. The third kappa shape index (κ3) is 3.64. The fourth-order valence-electron chi connectivity index (χ4n) is 1.04. The number of benzene rings is 1. The second-order valence-electron chi connectivity index (χ2n) is 4.09. The predicted octanol–water partition coefficient (Wildman–Crippen LogP) is 2.99. The minimum absolute atomic E-state index is 0. The maximum atomic E-state index is 5.69. The van der Waals surface area contributed by atoms with Crippen molar-refractivity contribution in [3.05, 3.63) is 23.8 Å². The van der Waals surface area contributed by atoms with Crippen LogP contribution in [0.1, 0.15) is 26.3 Å². The van der Waals surface area contributed by atoms with Crippen LogP contribution in [0.15, 0.2) is 18.2 Å². The quantitative estimate of drug-likeness (QED) is 0.681. The molecule has 0 heterocycles. The van der Waals surface area contributed by atoms with Crippen LogP contribution in [0, 0.1) is 0 Å². The van der Waals surface area contributed by atoms with Gasteiger partial charge in [-0.05, 0) is 23.1 Å². The molecule has 0 aliphatic carbocycles. The van der Waals surface area contributed by atoms with Crippen LogP contribution in [0.25, 0.3) is 0 Å². The topological polar surface area (TPSA) is 52.0 Å². The van der Waals surface area contributed by atoms with Crippen LogP contribution in [0.4, 0.5) is 11.4 Å². The number of nitrogens with two attached hydrogens (primary N) is 2. The fourth-order valence-corrected chi connectivity index (χ4v) is 1.04. The summed E-state index contributed by atoms with van der Waals surface area (Å²) in [5.74, 6) is 0. The van der Waals surface area contributed by atoms with Crippen LogP contribution in [0.3, 0.4) is 0 Å². The lowest BCUT2D eigenvalue weighted by Crippen LogP contribution is -2.11. The second-order valence-corrected chi connectivity index (χ2v) is 4.09. The van der Waals surface area contributed by atoms with E-state index < -0.39 is 0 Å². The molecule has 0 aromatic heterocycles. The first-order chi connectivity index (χ1) is 5.41. The van der Waals surface area contributed by atoms with E-state index in [9.17, 15) is 0 Å². The zero-order valence-corrected chi connectivity index (χ0v) is 10.3. The van der Waals surface area contributed by atoms with Gasteiger partial charge in [0, 0.05) is 0 Å². The minimum Gasteiger partial charge on any atom is -0.397 e. The van der Waals surface area contributed by atoms with Gasteiger partial charge in [-0.3, -0.25) is 0 Å². The van der Waals surface area contributed by atoms with E-state index >= 15 is 0 Å². The Bertz CT molecular complexity index is 293. The van der Waals surface area contributed by atoms with Crippen molar-refractivity contribution in [1.29, 1.82) is 0 Å². The average molecular weight is 237 g/mol. The van der Waals surface area contributed by atoms with Crippen LogP contribution in [-0.2, 0) is 5.41 Å². The third-order valence-corrected chi connectivity index (χ3v) is 1.95. The number of nitrogen functional groups attached to an aromatic ring is 2. The van der Waals surface area contributed by atoms with Crippen LogP contribution in [0.2, 0.25) is 0 Å². The van der Waals surface area contributed by atoms with Gasteiger partial charge in [-0.1, -0.05) is 26.8 Å². The molecule has 0 aliphatic rings. The fraction of sp³-hybridized carbons (Fsp3) is 0.400. The van der Waals surface area contributed by atoms with E-state index in [2.05, 4.69) is 20.8 Å². The van der Waals surface area contributed by atoms with Crippen LogP contribution >= 0.6 is 24.8 Å². The van der Waals surface area contributed by atoms with E-state index in [1.165, 1.54) is 5.56 Å². The molecule has 82 valence electrons. The largest absolute Gasteiger partial charge is 0.397 e. The highest BCUT2D eigenvalue weighted by molar-refractivity contribution is 5.85. The molecule has 14 heavy (non-hydrogen) atoms. The maximum Gasteiger partial charge on any atom is 0.0550 e. The van der Waals surface area contributed by atoms with Crippen LogP contribution in [0.5, 0.6) is 0 Å². The van der Waals surface area contributed by atoms with E-state index in [0.29, 0.717) is 11.4 Å². The molecule has 4 heteroatoms. The first-order valence-electron chi connectivity index (χ1n) is 4.07. The summed E-state index contributed by atoms with van der Waals surface area (Å²) >= 11 is 0. The molecule has 0 bridgehead atoms. The van der Waals surface area contributed by atoms with Gasteiger partial charge in [-0.2, -0.15) is 0 Å². The molecule has 1 rings (SSSR count). The molecule has 1 aromatic carbocycles. The van der Waals surface area contributed by atoms with Crippen molar-refractivity contribution in [1.82, 2.24) is 0 Å². The summed E-state index contributed by atoms with van der Waals surface area (Å²) in [6, 6.07) is 5.82. The van der Waals surface area contributed by atoms with Gasteiger partial charge < -0.3 is 11.5 Å². The van der Waals surface area contributed by atoms with Crippen molar-refractivity contribution >= 4 is 36.2 Å². The molecule has 0 spiro atoms. The standard InChI is InChI=1S/C10H16N2.2ClH/c1-10(2,3)7-4-5-8(11)9(12)6-7;;/h4-6H,11-12H2,1-3H3;2*1H. The minimum atomic E-state index is 0. The van der Waals surface area contributed by atoms with Gasteiger partial charge in [-0.15, -0.1) is 24.8 Å². The Balaban J connectivity index is 0. The smallest absolute Gasteiger partial charge is 0.0550 e. The van der Waals surface area contributed by atoms with Crippen molar-refractivity contribution in [2.75, 3.05) is 11.5 Å². The molecule has 0 saturated heterocycles. The van der Waals surface area contributed by atoms with Gasteiger partial charge in [0.1, 0.15) is 0 Å². The van der Waals surface area contributed by atoms with Crippen molar-refractivity contribution < 1.29 is 0 Å². The molecule has 0 unspecified atom stereocenters. The molecule has 1 aromatic rings. The second kappa shape index (κ2) is 5.32. The van der Waals surface area contributed by atoms with E-state index in [-0.39, 0.29) is 30.2 Å². The zero-order valence-electron chi connectivity index (χ0n) is 8.70. The first-order valence-corrected chi connectivity index (χ1v) is 4.07. The lowest BCUT2D eigenvalue weighted by atomic mass is 9.87. The highest BCUT2D eigenvalue weighted by Crippen LogP contribution is 2.26. The summed E-state index contributed by atoms with van der Waals surface area (Å²) in [7, 11) is 0. The normalized spacial score (nSPS) is 9.93. The summed E-state index contributed by atoms with van der Waals surface area (Å²) in [5, 5.41) is 0. The number of rotatable bonds is 0. The molecular formula is C10H18Cl2N2. The van der Waals surface area contributed by atoms with Crippen molar-refractivity contribution in [3.63, 3.8) is 0 Å². The third-order valence-electron chi connectivity index (χ3n) is 1.95. The highest BCUT2D eigenvalue weighted by atomic mass is 35.5. The Hall–Kier alpha value is -0.600. The molecule has 0 aliphatic heterocycles. The van der Waals surface area contributed by atoms with E-state index in [4.69, 9.17) is 11.5 Å².